The lowest BCUT2D eigenvalue weighted by atomic mass is 9.95. The molecule has 0 spiro atoms. The molecule has 0 saturated carbocycles. The number of ketones is 1. The second-order valence-corrected chi connectivity index (χ2v) is 3.43. The second kappa shape index (κ2) is 3.31. The van der Waals surface area contributed by atoms with Crippen LogP contribution in [0.15, 0.2) is 40.1 Å². The summed E-state index contributed by atoms with van der Waals surface area (Å²) in [5, 5.41) is 8.73. The minimum absolute atomic E-state index is 0.0915. The van der Waals surface area contributed by atoms with Crippen LogP contribution in [-0.4, -0.2) is 22.6 Å². The van der Waals surface area contributed by atoms with Gasteiger partial charge in [-0.05, 0) is 30.7 Å². The zero-order valence-corrected chi connectivity index (χ0v) is 8.15. The number of aliphatic carboxylic acids is 1. The first-order valence-corrected chi connectivity index (χ1v) is 4.52. The summed E-state index contributed by atoms with van der Waals surface area (Å²) in [4.78, 5) is 26.0. The van der Waals surface area contributed by atoms with Crippen LogP contribution in [0.25, 0.3) is 0 Å². The molecule has 2 rings (SSSR count). The lowest BCUT2D eigenvalue weighted by Gasteiger charge is -2.06. The molecule has 1 aliphatic heterocycles. The van der Waals surface area contributed by atoms with E-state index in [0.717, 1.165) is 0 Å². The Hall–Kier alpha value is -1.97. The predicted molar refractivity (Wildman–Crippen MR) is 54.6 cm³/mol. The maximum atomic E-state index is 11.2. The molecule has 4 nitrogen and oxygen atoms in total. The van der Waals surface area contributed by atoms with E-state index in [1.807, 2.05) is 0 Å². The van der Waals surface area contributed by atoms with Crippen LogP contribution in [0, 0.1) is 0 Å². The molecule has 0 radical (unpaired) electrons. The Balaban J connectivity index is 2.39. The molecule has 0 aromatic rings. The van der Waals surface area contributed by atoms with Gasteiger partial charge in [-0.1, -0.05) is 0 Å². The standard InChI is InChI=1S/C11H9NO3/c1-6-8(5-11(14)15)9-4-7(13)2-3-10(9)12-6/h2-4H,5H2,1H3,(H,14,15). The lowest BCUT2D eigenvalue weighted by molar-refractivity contribution is -0.136. The van der Waals surface area contributed by atoms with E-state index in [1.165, 1.54) is 12.2 Å². The van der Waals surface area contributed by atoms with Gasteiger partial charge in [-0.25, -0.2) is 0 Å². The summed E-state index contributed by atoms with van der Waals surface area (Å²) in [5.74, 6) is -1.04. The highest BCUT2D eigenvalue weighted by molar-refractivity contribution is 6.23. The maximum Gasteiger partial charge on any atom is 0.307 e. The van der Waals surface area contributed by atoms with E-state index in [4.69, 9.17) is 5.11 Å². The fourth-order valence-electron chi connectivity index (χ4n) is 1.67. The molecule has 0 amide bonds. The van der Waals surface area contributed by atoms with Gasteiger partial charge in [-0.2, -0.15) is 0 Å². The van der Waals surface area contributed by atoms with Gasteiger partial charge in [-0.15, -0.1) is 0 Å². The van der Waals surface area contributed by atoms with Crippen LogP contribution in [0.2, 0.25) is 0 Å². The molecule has 2 aliphatic rings. The minimum Gasteiger partial charge on any atom is -0.481 e. The van der Waals surface area contributed by atoms with E-state index in [0.29, 0.717) is 22.6 Å². The molecule has 0 atom stereocenters. The highest BCUT2D eigenvalue weighted by atomic mass is 16.4. The Kier molecular flexibility index (Phi) is 2.11. The summed E-state index contributed by atoms with van der Waals surface area (Å²) in [7, 11) is 0. The normalized spacial score (nSPS) is 18.9. The SMILES string of the molecule is CC1=C(CC(=O)O)C2=CC(=O)C=CC2=N1. The van der Waals surface area contributed by atoms with E-state index in [-0.39, 0.29) is 12.2 Å². The number of aliphatic imine (C=N–C) groups is 1. The number of nitrogens with zero attached hydrogens (tertiary/aromatic N) is 1. The van der Waals surface area contributed by atoms with Crippen molar-refractivity contribution in [3.8, 4) is 0 Å². The van der Waals surface area contributed by atoms with Gasteiger partial charge >= 0.3 is 5.97 Å². The molecule has 0 bridgehead atoms. The van der Waals surface area contributed by atoms with Crippen molar-refractivity contribution in [2.24, 2.45) is 4.99 Å². The first kappa shape index (κ1) is 9.58. The highest BCUT2D eigenvalue weighted by Gasteiger charge is 2.24. The van der Waals surface area contributed by atoms with Crippen molar-refractivity contribution in [3.63, 3.8) is 0 Å². The molecule has 0 unspecified atom stereocenters. The van der Waals surface area contributed by atoms with Crippen LogP contribution >= 0.6 is 0 Å². The zero-order valence-electron chi connectivity index (χ0n) is 8.15. The summed E-state index contributed by atoms with van der Waals surface area (Å²) in [6, 6.07) is 0. The molecule has 4 heteroatoms. The van der Waals surface area contributed by atoms with Crippen molar-refractivity contribution < 1.29 is 14.7 Å². The molecule has 15 heavy (non-hydrogen) atoms. The van der Waals surface area contributed by atoms with Gasteiger partial charge in [0.1, 0.15) is 0 Å². The third-order valence-electron chi connectivity index (χ3n) is 2.35. The molecule has 0 aromatic heterocycles. The average Bonchev–Trinajstić information content (AvgIpc) is 2.43. The molecule has 1 heterocycles. The van der Waals surface area contributed by atoms with Gasteiger partial charge in [0, 0.05) is 11.3 Å². The van der Waals surface area contributed by atoms with Crippen molar-refractivity contribution in [2.75, 3.05) is 0 Å². The van der Waals surface area contributed by atoms with Crippen LogP contribution in [0.5, 0.6) is 0 Å². The monoisotopic (exact) mass is 203 g/mol. The van der Waals surface area contributed by atoms with E-state index in [1.54, 1.807) is 13.0 Å². The van der Waals surface area contributed by atoms with E-state index in [9.17, 15) is 9.59 Å². The highest BCUT2D eigenvalue weighted by Crippen LogP contribution is 2.30. The minimum atomic E-state index is -0.913. The quantitative estimate of drug-likeness (QED) is 0.687. The van der Waals surface area contributed by atoms with Gasteiger partial charge in [0.25, 0.3) is 0 Å². The van der Waals surface area contributed by atoms with E-state index < -0.39 is 5.97 Å². The lowest BCUT2D eigenvalue weighted by Crippen LogP contribution is -2.08. The number of carboxylic acid groups (broad SMARTS) is 1. The van der Waals surface area contributed by atoms with Crippen molar-refractivity contribution >= 4 is 17.5 Å². The Labute approximate surface area is 86.3 Å². The molecular weight excluding hydrogens is 194 g/mol. The molecule has 0 aromatic carbocycles. The summed E-state index contributed by atoms with van der Waals surface area (Å²) < 4.78 is 0. The van der Waals surface area contributed by atoms with Crippen molar-refractivity contribution in [3.05, 3.63) is 35.1 Å². The van der Waals surface area contributed by atoms with Gasteiger partial charge in [0.15, 0.2) is 5.78 Å². The van der Waals surface area contributed by atoms with Gasteiger partial charge < -0.3 is 5.11 Å². The fourth-order valence-corrected chi connectivity index (χ4v) is 1.67. The number of hydrogen-bond acceptors (Lipinski definition) is 3. The number of fused-ring (bicyclic) bond motifs is 1. The third-order valence-corrected chi connectivity index (χ3v) is 2.35. The smallest absolute Gasteiger partial charge is 0.307 e. The Morgan fingerprint density at radius 1 is 1.47 bits per heavy atom. The first-order valence-electron chi connectivity index (χ1n) is 4.52. The van der Waals surface area contributed by atoms with Crippen LogP contribution in [0.4, 0.5) is 0 Å². The molecule has 1 aliphatic carbocycles. The van der Waals surface area contributed by atoms with Crippen LogP contribution in [0.3, 0.4) is 0 Å². The van der Waals surface area contributed by atoms with Crippen LogP contribution in [-0.2, 0) is 9.59 Å². The Morgan fingerprint density at radius 2 is 2.20 bits per heavy atom. The van der Waals surface area contributed by atoms with Crippen LogP contribution in [0.1, 0.15) is 13.3 Å². The molecule has 1 N–H and O–H groups in total. The van der Waals surface area contributed by atoms with E-state index in [2.05, 4.69) is 4.99 Å². The molecular formula is C11H9NO3. The third kappa shape index (κ3) is 1.66. The Morgan fingerprint density at radius 3 is 2.87 bits per heavy atom. The van der Waals surface area contributed by atoms with Gasteiger partial charge in [0.2, 0.25) is 0 Å². The molecule has 0 saturated heterocycles. The van der Waals surface area contributed by atoms with Gasteiger partial charge in [-0.3, -0.25) is 14.6 Å². The predicted octanol–water partition coefficient (Wildman–Crippen LogP) is 1.25. The first-order chi connectivity index (χ1) is 7.08. The van der Waals surface area contributed by atoms with Crippen molar-refractivity contribution in [1.82, 2.24) is 0 Å². The maximum absolute atomic E-state index is 11.2. The number of allylic oxidation sites excluding steroid dienone is 5. The van der Waals surface area contributed by atoms with E-state index >= 15 is 0 Å². The zero-order chi connectivity index (χ0) is 11.0. The summed E-state index contributed by atoms with van der Waals surface area (Å²) >= 11 is 0. The fraction of sp³-hybridized carbons (Fsp3) is 0.182. The number of carbonyl (C=O) groups excluding carboxylic acids is 1. The van der Waals surface area contributed by atoms with Crippen molar-refractivity contribution in [2.45, 2.75) is 13.3 Å². The summed E-state index contributed by atoms with van der Waals surface area (Å²) in [6.07, 6.45) is 4.40. The molecule has 0 fully saturated rings. The topological polar surface area (TPSA) is 66.7 Å². The number of carbonyl (C=O) groups is 2. The summed E-state index contributed by atoms with van der Waals surface area (Å²) in [6.45, 7) is 1.75. The number of rotatable bonds is 2. The van der Waals surface area contributed by atoms with Gasteiger partial charge in [0.05, 0.1) is 12.1 Å². The number of carboxylic acids is 1. The molecule has 76 valence electrons. The second-order valence-electron chi connectivity index (χ2n) is 3.43. The van der Waals surface area contributed by atoms with Crippen molar-refractivity contribution in [1.29, 1.82) is 0 Å². The largest absolute Gasteiger partial charge is 0.481 e. The van der Waals surface area contributed by atoms with Crippen LogP contribution < -0.4 is 0 Å². The Bertz CT molecular complexity index is 478. The average molecular weight is 203 g/mol. The number of hydrogen-bond donors (Lipinski definition) is 1. The summed E-state index contributed by atoms with van der Waals surface area (Å²) in [5.41, 5.74) is 2.65.